The van der Waals surface area contributed by atoms with Crippen molar-refractivity contribution >= 4 is 5.91 Å². The number of nitrogens with zero attached hydrogens (tertiary/aromatic N) is 1. The summed E-state index contributed by atoms with van der Waals surface area (Å²) in [5, 5.41) is 12.1. The molecule has 0 aromatic heterocycles. The Morgan fingerprint density at radius 1 is 1.60 bits per heavy atom. The van der Waals surface area contributed by atoms with E-state index in [-0.39, 0.29) is 18.6 Å². The molecule has 88 valence electrons. The van der Waals surface area contributed by atoms with E-state index in [2.05, 4.69) is 24.1 Å². The van der Waals surface area contributed by atoms with E-state index in [0.29, 0.717) is 6.04 Å². The Morgan fingerprint density at radius 2 is 2.33 bits per heavy atom. The van der Waals surface area contributed by atoms with E-state index in [4.69, 9.17) is 0 Å². The lowest BCUT2D eigenvalue weighted by Gasteiger charge is -2.31. The van der Waals surface area contributed by atoms with Gasteiger partial charge in [-0.3, -0.25) is 9.69 Å². The van der Waals surface area contributed by atoms with Crippen molar-refractivity contribution in [3.05, 3.63) is 0 Å². The van der Waals surface area contributed by atoms with Gasteiger partial charge >= 0.3 is 0 Å². The van der Waals surface area contributed by atoms with Gasteiger partial charge in [0.2, 0.25) is 5.91 Å². The zero-order chi connectivity index (χ0) is 11.3. The summed E-state index contributed by atoms with van der Waals surface area (Å²) in [5.41, 5.74) is 0. The molecule has 1 rings (SSSR count). The standard InChI is InChI=1S/C11H22N2O2/c1-3-4-7-13-9(2)5-6-12-11(15)10(13)8-14/h9-10,14H,3-8H2,1-2H3,(H,12,15). The van der Waals surface area contributed by atoms with E-state index >= 15 is 0 Å². The van der Waals surface area contributed by atoms with E-state index in [1.165, 1.54) is 0 Å². The van der Waals surface area contributed by atoms with Gasteiger partial charge < -0.3 is 10.4 Å². The third-order valence-electron chi connectivity index (χ3n) is 3.07. The molecule has 1 amide bonds. The molecule has 4 nitrogen and oxygen atoms in total. The molecule has 0 bridgehead atoms. The van der Waals surface area contributed by atoms with Crippen LogP contribution in [0.3, 0.4) is 0 Å². The van der Waals surface area contributed by atoms with Crippen molar-refractivity contribution in [1.29, 1.82) is 0 Å². The van der Waals surface area contributed by atoms with E-state index < -0.39 is 0 Å². The van der Waals surface area contributed by atoms with Crippen LogP contribution >= 0.6 is 0 Å². The molecule has 0 radical (unpaired) electrons. The van der Waals surface area contributed by atoms with Crippen LogP contribution in [0.5, 0.6) is 0 Å². The maximum atomic E-state index is 11.7. The van der Waals surface area contributed by atoms with Gasteiger partial charge in [0.25, 0.3) is 0 Å². The minimum absolute atomic E-state index is 0.0297. The Morgan fingerprint density at radius 3 is 2.93 bits per heavy atom. The molecule has 0 aliphatic carbocycles. The number of aliphatic hydroxyl groups excluding tert-OH is 1. The minimum Gasteiger partial charge on any atom is -0.394 e. The number of nitrogens with one attached hydrogen (secondary N) is 1. The molecular weight excluding hydrogens is 192 g/mol. The van der Waals surface area contributed by atoms with Crippen molar-refractivity contribution in [2.24, 2.45) is 0 Å². The van der Waals surface area contributed by atoms with Gasteiger partial charge in [0, 0.05) is 12.6 Å². The molecule has 0 saturated carbocycles. The predicted molar refractivity (Wildman–Crippen MR) is 59.6 cm³/mol. The molecule has 1 saturated heterocycles. The van der Waals surface area contributed by atoms with Crippen molar-refractivity contribution in [1.82, 2.24) is 10.2 Å². The third-order valence-corrected chi connectivity index (χ3v) is 3.07. The fraction of sp³-hybridized carbons (Fsp3) is 0.909. The average molecular weight is 214 g/mol. The summed E-state index contributed by atoms with van der Waals surface area (Å²) in [4.78, 5) is 13.8. The lowest BCUT2D eigenvalue weighted by atomic mass is 10.1. The van der Waals surface area contributed by atoms with Gasteiger partial charge in [0.05, 0.1) is 6.61 Å². The Kier molecular flexibility index (Phi) is 5.05. The number of hydrogen-bond donors (Lipinski definition) is 2. The highest BCUT2D eigenvalue weighted by molar-refractivity contribution is 5.82. The first-order valence-electron chi connectivity index (χ1n) is 5.85. The zero-order valence-corrected chi connectivity index (χ0v) is 9.70. The number of carbonyl (C=O) groups excluding carboxylic acids is 1. The lowest BCUT2D eigenvalue weighted by molar-refractivity contribution is -0.127. The second-order valence-corrected chi connectivity index (χ2v) is 4.22. The Bertz CT molecular complexity index is 209. The fourth-order valence-electron chi connectivity index (χ4n) is 2.05. The van der Waals surface area contributed by atoms with Crippen LogP contribution in [0.25, 0.3) is 0 Å². The molecule has 2 unspecified atom stereocenters. The molecule has 2 atom stereocenters. The highest BCUT2D eigenvalue weighted by atomic mass is 16.3. The molecule has 1 aliphatic rings. The van der Waals surface area contributed by atoms with Gasteiger partial charge in [-0.1, -0.05) is 13.3 Å². The molecule has 4 heteroatoms. The number of rotatable bonds is 4. The second kappa shape index (κ2) is 6.08. The fourth-order valence-corrected chi connectivity index (χ4v) is 2.05. The van der Waals surface area contributed by atoms with Crippen molar-refractivity contribution in [2.75, 3.05) is 19.7 Å². The summed E-state index contributed by atoms with van der Waals surface area (Å²) in [7, 11) is 0. The minimum atomic E-state index is -0.353. The summed E-state index contributed by atoms with van der Waals surface area (Å²) in [6.07, 6.45) is 3.16. The summed E-state index contributed by atoms with van der Waals surface area (Å²) >= 11 is 0. The normalized spacial score (nSPS) is 28.6. The topological polar surface area (TPSA) is 52.6 Å². The number of hydrogen-bond acceptors (Lipinski definition) is 3. The van der Waals surface area contributed by atoms with E-state index in [1.54, 1.807) is 0 Å². The Hall–Kier alpha value is -0.610. The largest absolute Gasteiger partial charge is 0.394 e. The van der Waals surface area contributed by atoms with Crippen LogP contribution in [0, 0.1) is 0 Å². The van der Waals surface area contributed by atoms with Crippen molar-refractivity contribution in [3.63, 3.8) is 0 Å². The zero-order valence-electron chi connectivity index (χ0n) is 9.70. The summed E-state index contributed by atoms with van der Waals surface area (Å²) in [5.74, 6) is -0.0297. The second-order valence-electron chi connectivity index (χ2n) is 4.22. The summed E-state index contributed by atoms with van der Waals surface area (Å²) < 4.78 is 0. The van der Waals surface area contributed by atoms with Gasteiger partial charge in [-0.2, -0.15) is 0 Å². The molecule has 15 heavy (non-hydrogen) atoms. The van der Waals surface area contributed by atoms with Crippen LogP contribution in [0.1, 0.15) is 33.1 Å². The summed E-state index contributed by atoms with van der Waals surface area (Å²) in [6.45, 7) is 5.80. The first-order chi connectivity index (χ1) is 7.20. The molecule has 1 heterocycles. The molecule has 0 aromatic rings. The highest BCUT2D eigenvalue weighted by Crippen LogP contribution is 2.13. The van der Waals surface area contributed by atoms with Crippen LogP contribution in [-0.2, 0) is 4.79 Å². The van der Waals surface area contributed by atoms with Crippen LogP contribution in [-0.4, -0.2) is 47.7 Å². The third kappa shape index (κ3) is 3.18. The van der Waals surface area contributed by atoms with Gasteiger partial charge in [-0.15, -0.1) is 0 Å². The van der Waals surface area contributed by atoms with E-state index in [9.17, 15) is 9.90 Å². The number of amides is 1. The number of unbranched alkanes of at least 4 members (excludes halogenated alkanes) is 1. The average Bonchev–Trinajstić information content (AvgIpc) is 2.35. The van der Waals surface area contributed by atoms with Gasteiger partial charge in [-0.25, -0.2) is 0 Å². The molecule has 0 spiro atoms. The van der Waals surface area contributed by atoms with Crippen molar-refractivity contribution < 1.29 is 9.90 Å². The van der Waals surface area contributed by atoms with Crippen LogP contribution in [0.15, 0.2) is 0 Å². The maximum absolute atomic E-state index is 11.7. The SMILES string of the molecule is CCCCN1C(C)CCNC(=O)C1CO. The molecular formula is C11H22N2O2. The van der Waals surface area contributed by atoms with Crippen molar-refractivity contribution in [3.8, 4) is 0 Å². The quantitative estimate of drug-likeness (QED) is 0.710. The predicted octanol–water partition coefficient (Wildman–Crippen LogP) is 0.358. The number of carbonyl (C=O) groups is 1. The number of aliphatic hydroxyl groups is 1. The van der Waals surface area contributed by atoms with Crippen LogP contribution in [0.4, 0.5) is 0 Å². The van der Waals surface area contributed by atoms with Gasteiger partial charge in [-0.05, 0) is 26.3 Å². The monoisotopic (exact) mass is 214 g/mol. The van der Waals surface area contributed by atoms with Gasteiger partial charge in [0.1, 0.15) is 6.04 Å². The van der Waals surface area contributed by atoms with Crippen molar-refractivity contribution in [2.45, 2.75) is 45.2 Å². The first kappa shape index (κ1) is 12.5. The van der Waals surface area contributed by atoms with E-state index in [0.717, 1.165) is 32.4 Å². The molecule has 1 fully saturated rings. The maximum Gasteiger partial charge on any atom is 0.239 e. The van der Waals surface area contributed by atoms with Crippen LogP contribution in [0.2, 0.25) is 0 Å². The van der Waals surface area contributed by atoms with Gasteiger partial charge in [0.15, 0.2) is 0 Å². The molecule has 1 aliphatic heterocycles. The highest BCUT2D eigenvalue weighted by Gasteiger charge is 2.30. The smallest absolute Gasteiger partial charge is 0.239 e. The molecule has 2 N–H and O–H groups in total. The summed E-state index contributed by atoms with van der Waals surface area (Å²) in [6, 6.07) is 0.0155. The lowest BCUT2D eigenvalue weighted by Crippen LogP contribution is -2.49. The first-order valence-corrected chi connectivity index (χ1v) is 5.85. The Balaban J connectivity index is 2.67. The van der Waals surface area contributed by atoms with Crippen LogP contribution < -0.4 is 5.32 Å². The Labute approximate surface area is 91.6 Å². The van der Waals surface area contributed by atoms with E-state index in [1.807, 2.05) is 0 Å². The molecule has 0 aromatic carbocycles.